The Morgan fingerprint density at radius 1 is 1.36 bits per heavy atom. The molecule has 0 radical (unpaired) electrons. The summed E-state index contributed by atoms with van der Waals surface area (Å²) in [6, 6.07) is 4.45. The Balaban J connectivity index is 2.04. The zero-order chi connectivity index (χ0) is 9.80. The highest BCUT2D eigenvalue weighted by atomic mass is 15.2. The second kappa shape index (κ2) is 4.62. The van der Waals surface area contributed by atoms with Crippen LogP contribution in [0, 0.1) is 5.92 Å². The molecule has 0 aromatic carbocycles. The molecule has 1 fully saturated rings. The van der Waals surface area contributed by atoms with E-state index in [0.717, 1.165) is 0 Å². The Bertz CT molecular complexity index is 250. The van der Waals surface area contributed by atoms with Crippen molar-refractivity contribution in [1.82, 2.24) is 10.4 Å². The molecule has 4 N–H and O–H groups in total. The van der Waals surface area contributed by atoms with E-state index >= 15 is 0 Å². The van der Waals surface area contributed by atoms with Crippen LogP contribution < -0.4 is 11.3 Å². The van der Waals surface area contributed by atoms with E-state index in [9.17, 15) is 0 Å². The highest BCUT2D eigenvalue weighted by Gasteiger charge is 2.24. The van der Waals surface area contributed by atoms with Crippen molar-refractivity contribution in [3.05, 3.63) is 24.0 Å². The first-order chi connectivity index (χ1) is 6.92. The van der Waals surface area contributed by atoms with Gasteiger partial charge in [0.2, 0.25) is 0 Å². The highest BCUT2D eigenvalue weighted by Crippen LogP contribution is 2.33. The van der Waals surface area contributed by atoms with Crippen molar-refractivity contribution < 1.29 is 0 Å². The van der Waals surface area contributed by atoms with Crippen LogP contribution >= 0.6 is 0 Å². The zero-order valence-electron chi connectivity index (χ0n) is 8.50. The number of hydrazine groups is 1. The van der Waals surface area contributed by atoms with E-state index < -0.39 is 0 Å². The molecular weight excluding hydrogens is 174 g/mol. The summed E-state index contributed by atoms with van der Waals surface area (Å²) >= 11 is 0. The Kier molecular flexibility index (Phi) is 3.22. The molecule has 1 aliphatic carbocycles. The van der Waals surface area contributed by atoms with E-state index in [1.807, 2.05) is 12.3 Å². The van der Waals surface area contributed by atoms with E-state index in [1.54, 1.807) is 0 Å². The van der Waals surface area contributed by atoms with Crippen molar-refractivity contribution >= 4 is 0 Å². The quantitative estimate of drug-likeness (QED) is 0.508. The van der Waals surface area contributed by atoms with Gasteiger partial charge >= 0.3 is 0 Å². The molecule has 1 aromatic heterocycles. The molecular formula is C11H19N3. The van der Waals surface area contributed by atoms with Gasteiger partial charge in [0.05, 0.1) is 6.04 Å². The average Bonchev–Trinajstić information content (AvgIpc) is 2.74. The van der Waals surface area contributed by atoms with Crippen molar-refractivity contribution in [2.75, 3.05) is 0 Å². The predicted octanol–water partition coefficient (Wildman–Crippen LogP) is 2.10. The normalized spacial score (nSPS) is 20.9. The zero-order valence-corrected chi connectivity index (χ0v) is 8.50. The van der Waals surface area contributed by atoms with Crippen LogP contribution in [0.2, 0.25) is 0 Å². The minimum absolute atomic E-state index is 0.310. The second-order valence-electron chi connectivity index (χ2n) is 4.17. The summed E-state index contributed by atoms with van der Waals surface area (Å²) in [5, 5.41) is 0. The highest BCUT2D eigenvalue weighted by molar-refractivity contribution is 5.10. The molecule has 14 heavy (non-hydrogen) atoms. The number of hydrogen-bond donors (Lipinski definition) is 3. The standard InChI is InChI=1S/C11H19N3/c12-14-11(10-7-4-8-13-10)9-5-2-1-3-6-9/h4,7-9,11,13-14H,1-3,5-6,12H2. The van der Waals surface area contributed by atoms with E-state index in [2.05, 4.69) is 16.5 Å². The van der Waals surface area contributed by atoms with Gasteiger partial charge < -0.3 is 4.98 Å². The molecule has 1 unspecified atom stereocenters. The van der Waals surface area contributed by atoms with E-state index in [0.29, 0.717) is 12.0 Å². The topological polar surface area (TPSA) is 53.8 Å². The van der Waals surface area contributed by atoms with E-state index in [4.69, 9.17) is 5.84 Å². The molecule has 3 nitrogen and oxygen atoms in total. The summed E-state index contributed by atoms with van der Waals surface area (Å²) in [6.07, 6.45) is 8.65. The van der Waals surface area contributed by atoms with Crippen molar-refractivity contribution in [3.8, 4) is 0 Å². The Hall–Kier alpha value is -0.800. The summed E-state index contributed by atoms with van der Waals surface area (Å²) in [5.41, 5.74) is 4.16. The molecule has 1 saturated carbocycles. The monoisotopic (exact) mass is 193 g/mol. The first kappa shape index (κ1) is 9.74. The number of rotatable bonds is 3. The minimum atomic E-state index is 0.310. The van der Waals surface area contributed by atoms with Crippen LogP contribution in [0.5, 0.6) is 0 Å². The average molecular weight is 193 g/mol. The van der Waals surface area contributed by atoms with Crippen LogP contribution in [0.1, 0.15) is 43.8 Å². The lowest BCUT2D eigenvalue weighted by molar-refractivity contribution is 0.270. The number of nitrogens with one attached hydrogen (secondary N) is 2. The van der Waals surface area contributed by atoms with Crippen LogP contribution in [0.3, 0.4) is 0 Å². The third-order valence-electron chi connectivity index (χ3n) is 3.26. The smallest absolute Gasteiger partial charge is 0.0638 e. The maximum atomic E-state index is 5.62. The lowest BCUT2D eigenvalue weighted by Gasteiger charge is -2.29. The van der Waals surface area contributed by atoms with Crippen molar-refractivity contribution in [2.24, 2.45) is 11.8 Å². The van der Waals surface area contributed by atoms with Crippen LogP contribution in [-0.4, -0.2) is 4.98 Å². The van der Waals surface area contributed by atoms with Gasteiger partial charge in [0, 0.05) is 11.9 Å². The number of nitrogens with two attached hydrogens (primary N) is 1. The third-order valence-corrected chi connectivity index (χ3v) is 3.26. The van der Waals surface area contributed by atoms with E-state index in [1.165, 1.54) is 37.8 Å². The molecule has 0 amide bonds. The third kappa shape index (κ3) is 1.99. The molecule has 0 spiro atoms. The van der Waals surface area contributed by atoms with Crippen LogP contribution in [0.25, 0.3) is 0 Å². The fourth-order valence-electron chi connectivity index (χ4n) is 2.48. The van der Waals surface area contributed by atoms with Crippen LogP contribution in [0.15, 0.2) is 18.3 Å². The van der Waals surface area contributed by atoms with Crippen LogP contribution in [-0.2, 0) is 0 Å². The maximum absolute atomic E-state index is 5.62. The summed E-state index contributed by atoms with van der Waals surface area (Å²) in [5.74, 6) is 6.33. The van der Waals surface area contributed by atoms with Gasteiger partial charge in [0.1, 0.15) is 0 Å². The largest absolute Gasteiger partial charge is 0.364 e. The number of H-pyrrole nitrogens is 1. The van der Waals surface area contributed by atoms with Gasteiger partial charge in [-0.15, -0.1) is 0 Å². The summed E-state index contributed by atoms with van der Waals surface area (Å²) in [7, 11) is 0. The Labute approximate surface area is 85.0 Å². The van der Waals surface area contributed by atoms with Crippen LogP contribution in [0.4, 0.5) is 0 Å². The number of aromatic nitrogens is 1. The molecule has 0 saturated heterocycles. The van der Waals surface area contributed by atoms with Crippen molar-refractivity contribution in [3.63, 3.8) is 0 Å². The van der Waals surface area contributed by atoms with Gasteiger partial charge in [-0.25, -0.2) is 0 Å². The molecule has 0 bridgehead atoms. The molecule has 78 valence electrons. The van der Waals surface area contributed by atoms with Gasteiger partial charge in [-0.2, -0.15) is 0 Å². The molecule has 1 aromatic rings. The maximum Gasteiger partial charge on any atom is 0.0638 e. The number of aromatic amines is 1. The summed E-state index contributed by atoms with van der Waals surface area (Å²) in [6.45, 7) is 0. The molecule has 2 rings (SSSR count). The van der Waals surface area contributed by atoms with Gasteiger partial charge in [-0.1, -0.05) is 19.3 Å². The fourth-order valence-corrected chi connectivity index (χ4v) is 2.48. The SMILES string of the molecule is NNC(c1ccc[nH]1)C1CCCCC1. The molecule has 1 aliphatic rings. The van der Waals surface area contributed by atoms with Gasteiger partial charge in [-0.05, 0) is 30.9 Å². The first-order valence-corrected chi connectivity index (χ1v) is 5.51. The lowest BCUT2D eigenvalue weighted by Crippen LogP contribution is -2.34. The van der Waals surface area contributed by atoms with Crippen molar-refractivity contribution in [1.29, 1.82) is 0 Å². The van der Waals surface area contributed by atoms with Gasteiger partial charge in [0.15, 0.2) is 0 Å². The van der Waals surface area contributed by atoms with Gasteiger partial charge in [-0.3, -0.25) is 11.3 Å². The van der Waals surface area contributed by atoms with Crippen molar-refractivity contribution in [2.45, 2.75) is 38.1 Å². The fraction of sp³-hybridized carbons (Fsp3) is 0.636. The molecule has 1 heterocycles. The predicted molar refractivity (Wildman–Crippen MR) is 57.4 cm³/mol. The van der Waals surface area contributed by atoms with E-state index in [-0.39, 0.29) is 0 Å². The summed E-state index contributed by atoms with van der Waals surface area (Å²) < 4.78 is 0. The molecule has 1 atom stereocenters. The minimum Gasteiger partial charge on any atom is -0.364 e. The van der Waals surface area contributed by atoms with Gasteiger partial charge in [0.25, 0.3) is 0 Å². The first-order valence-electron chi connectivity index (χ1n) is 5.51. The summed E-state index contributed by atoms with van der Waals surface area (Å²) in [4.78, 5) is 3.24. The molecule has 3 heteroatoms. The Morgan fingerprint density at radius 3 is 2.71 bits per heavy atom. The lowest BCUT2D eigenvalue weighted by atomic mass is 9.83. The Morgan fingerprint density at radius 2 is 2.14 bits per heavy atom. The number of hydrogen-bond acceptors (Lipinski definition) is 2. The molecule has 0 aliphatic heterocycles. The second-order valence-corrected chi connectivity index (χ2v) is 4.17.